The van der Waals surface area contributed by atoms with E-state index in [1.807, 2.05) is 12.1 Å². The van der Waals surface area contributed by atoms with Crippen LogP contribution in [0.15, 0.2) is 60.7 Å². The Morgan fingerprint density at radius 2 is 1.15 bits per heavy atom. The second-order valence-corrected chi connectivity index (χ2v) is 8.00. The first-order chi connectivity index (χ1) is 15.8. The molecule has 3 rings (SSSR count). The van der Waals surface area contributed by atoms with Crippen molar-refractivity contribution in [2.75, 3.05) is 0 Å². The summed E-state index contributed by atoms with van der Waals surface area (Å²) in [5.41, 5.74) is 3.18. The predicted molar refractivity (Wildman–Crippen MR) is 123 cm³/mol. The summed E-state index contributed by atoms with van der Waals surface area (Å²) in [7, 11) is 0. The third-order valence-electron chi connectivity index (χ3n) is 5.45. The molecule has 0 bridgehead atoms. The van der Waals surface area contributed by atoms with Crippen molar-refractivity contribution in [3.8, 4) is 34.1 Å². The predicted octanol–water partition coefficient (Wildman–Crippen LogP) is 8.73. The van der Waals surface area contributed by atoms with Crippen LogP contribution in [0.1, 0.15) is 50.2 Å². The molecule has 0 saturated carbocycles. The zero-order valence-electron chi connectivity index (χ0n) is 18.4. The molecule has 33 heavy (non-hydrogen) atoms. The van der Waals surface area contributed by atoms with E-state index < -0.39 is 23.4 Å². The van der Waals surface area contributed by atoms with Crippen LogP contribution in [0.25, 0.3) is 22.3 Å². The van der Waals surface area contributed by atoms with Gasteiger partial charge in [0.1, 0.15) is 11.6 Å². The van der Waals surface area contributed by atoms with Crippen LogP contribution in [0.2, 0.25) is 0 Å². The van der Waals surface area contributed by atoms with Crippen LogP contribution in [0, 0.1) is 23.5 Å². The normalized spacial score (nSPS) is 11.2. The Hall–Kier alpha value is -3.13. The van der Waals surface area contributed by atoms with E-state index in [9.17, 15) is 22.0 Å². The van der Waals surface area contributed by atoms with Gasteiger partial charge in [-0.05, 0) is 52.8 Å². The van der Waals surface area contributed by atoms with E-state index in [-0.39, 0.29) is 5.56 Å². The second kappa shape index (κ2) is 11.1. The van der Waals surface area contributed by atoms with Gasteiger partial charge in [-0.3, -0.25) is 0 Å². The molecule has 0 unspecified atom stereocenters. The van der Waals surface area contributed by atoms with Gasteiger partial charge in [0.05, 0.1) is 5.56 Å². The Morgan fingerprint density at radius 3 is 1.67 bits per heavy atom. The minimum absolute atomic E-state index is 0.229. The standard InChI is InChI=1S/C28H25F5/c1-2-3-4-5-6-7-20-8-10-21(11-9-20)22-12-14-23(15-13-22)24-18-26(29)25(27(30)19-24)16-17-28(31,32)33/h8-15,18-19H,2-7H2,1H3. The van der Waals surface area contributed by atoms with Gasteiger partial charge >= 0.3 is 6.18 Å². The van der Waals surface area contributed by atoms with Gasteiger partial charge in [-0.15, -0.1) is 0 Å². The maximum absolute atomic E-state index is 14.2. The Bertz CT molecular complexity index is 1090. The van der Waals surface area contributed by atoms with Crippen molar-refractivity contribution >= 4 is 0 Å². The van der Waals surface area contributed by atoms with Crippen LogP contribution >= 0.6 is 0 Å². The lowest BCUT2D eigenvalue weighted by molar-refractivity contribution is -0.0696. The summed E-state index contributed by atoms with van der Waals surface area (Å²) in [6.07, 6.45) is 2.46. The minimum Gasteiger partial charge on any atom is -0.205 e. The molecule has 0 aliphatic heterocycles. The number of hydrogen-bond acceptors (Lipinski definition) is 0. The summed E-state index contributed by atoms with van der Waals surface area (Å²) in [5.74, 6) is 0.172. The first-order valence-electron chi connectivity index (χ1n) is 11.1. The lowest BCUT2D eigenvalue weighted by Crippen LogP contribution is -2.02. The molecule has 172 valence electrons. The van der Waals surface area contributed by atoms with E-state index in [1.165, 1.54) is 43.6 Å². The maximum Gasteiger partial charge on any atom is 0.458 e. The summed E-state index contributed by atoms with van der Waals surface area (Å²) < 4.78 is 65.1. The van der Waals surface area contributed by atoms with Crippen LogP contribution in [-0.4, -0.2) is 6.18 Å². The van der Waals surface area contributed by atoms with Crippen molar-refractivity contribution in [2.24, 2.45) is 0 Å². The Morgan fingerprint density at radius 1 is 0.667 bits per heavy atom. The van der Waals surface area contributed by atoms with Gasteiger partial charge in [0.15, 0.2) is 0 Å². The van der Waals surface area contributed by atoms with Gasteiger partial charge in [-0.25, -0.2) is 8.78 Å². The molecule has 3 aromatic carbocycles. The number of hydrogen-bond donors (Lipinski definition) is 0. The van der Waals surface area contributed by atoms with Crippen molar-refractivity contribution in [2.45, 2.75) is 51.6 Å². The SMILES string of the molecule is CCCCCCCc1ccc(-c2ccc(-c3cc(F)c(C#CC(F)(F)F)c(F)c3)cc2)cc1. The van der Waals surface area contributed by atoms with Gasteiger partial charge in [0.25, 0.3) is 0 Å². The van der Waals surface area contributed by atoms with Crippen molar-refractivity contribution in [3.63, 3.8) is 0 Å². The number of unbranched alkanes of at least 4 members (excludes halogenated alkanes) is 4. The smallest absolute Gasteiger partial charge is 0.205 e. The van der Waals surface area contributed by atoms with Crippen molar-refractivity contribution in [1.82, 2.24) is 0 Å². The molecule has 0 aromatic heterocycles. The van der Waals surface area contributed by atoms with Crippen LogP contribution in [0.4, 0.5) is 22.0 Å². The largest absolute Gasteiger partial charge is 0.458 e. The molecule has 0 heterocycles. The van der Waals surface area contributed by atoms with Crippen LogP contribution < -0.4 is 0 Å². The third kappa shape index (κ3) is 7.18. The average Bonchev–Trinajstić information content (AvgIpc) is 2.78. The monoisotopic (exact) mass is 456 g/mol. The van der Waals surface area contributed by atoms with Crippen molar-refractivity contribution < 1.29 is 22.0 Å². The number of aryl methyl sites for hydroxylation is 1. The fraction of sp³-hybridized carbons (Fsp3) is 0.286. The summed E-state index contributed by atoms with van der Waals surface area (Å²) in [5, 5.41) is 0. The molecular weight excluding hydrogens is 431 g/mol. The summed E-state index contributed by atoms with van der Waals surface area (Å²) >= 11 is 0. The van der Waals surface area contributed by atoms with E-state index in [4.69, 9.17) is 0 Å². The highest BCUT2D eigenvalue weighted by Crippen LogP contribution is 2.28. The van der Waals surface area contributed by atoms with E-state index >= 15 is 0 Å². The second-order valence-electron chi connectivity index (χ2n) is 8.00. The number of alkyl halides is 3. The molecule has 0 nitrogen and oxygen atoms in total. The van der Waals surface area contributed by atoms with E-state index in [0.717, 1.165) is 35.6 Å². The molecule has 0 N–H and O–H groups in total. The first-order valence-corrected chi connectivity index (χ1v) is 11.1. The van der Waals surface area contributed by atoms with Crippen molar-refractivity contribution in [3.05, 3.63) is 83.4 Å². The fourth-order valence-corrected chi connectivity index (χ4v) is 3.64. The Kier molecular flexibility index (Phi) is 8.27. The average molecular weight is 456 g/mol. The first kappa shape index (κ1) is 24.5. The zero-order chi connectivity index (χ0) is 23.8. The number of rotatable bonds is 8. The van der Waals surface area contributed by atoms with Gasteiger partial charge < -0.3 is 0 Å². The van der Waals surface area contributed by atoms with E-state index in [1.54, 1.807) is 12.1 Å². The highest BCUT2D eigenvalue weighted by atomic mass is 19.4. The van der Waals surface area contributed by atoms with Crippen molar-refractivity contribution in [1.29, 1.82) is 0 Å². The molecule has 0 fully saturated rings. The van der Waals surface area contributed by atoms with Gasteiger partial charge in [-0.2, -0.15) is 13.2 Å². The minimum atomic E-state index is -4.82. The molecule has 0 spiro atoms. The summed E-state index contributed by atoms with van der Waals surface area (Å²) in [6.45, 7) is 2.20. The Balaban J connectivity index is 1.70. The highest BCUT2D eigenvalue weighted by molar-refractivity contribution is 5.71. The van der Waals surface area contributed by atoms with Gasteiger partial charge in [0.2, 0.25) is 0 Å². The lowest BCUT2D eigenvalue weighted by Gasteiger charge is -2.08. The molecule has 0 radical (unpaired) electrons. The molecule has 3 aromatic rings. The van der Waals surface area contributed by atoms with Gasteiger partial charge in [0, 0.05) is 5.92 Å². The van der Waals surface area contributed by atoms with E-state index in [2.05, 4.69) is 31.2 Å². The third-order valence-corrected chi connectivity index (χ3v) is 5.45. The van der Waals surface area contributed by atoms with Crippen LogP contribution in [0.5, 0.6) is 0 Å². The fourth-order valence-electron chi connectivity index (χ4n) is 3.64. The van der Waals surface area contributed by atoms with Gasteiger partial charge in [-0.1, -0.05) is 87.1 Å². The molecule has 0 atom stereocenters. The van der Waals surface area contributed by atoms with E-state index in [0.29, 0.717) is 5.56 Å². The topological polar surface area (TPSA) is 0 Å². The molecule has 5 heteroatoms. The molecular formula is C28H25F5. The molecule has 0 aliphatic rings. The van der Waals surface area contributed by atoms with Crippen LogP contribution in [-0.2, 0) is 6.42 Å². The highest BCUT2D eigenvalue weighted by Gasteiger charge is 2.23. The number of halogens is 5. The Labute approximate surface area is 191 Å². The molecule has 0 saturated heterocycles. The quantitative estimate of drug-likeness (QED) is 0.181. The molecule has 0 amide bonds. The maximum atomic E-state index is 14.2. The lowest BCUT2D eigenvalue weighted by atomic mass is 9.98. The summed E-state index contributed by atoms with van der Waals surface area (Å²) in [6, 6.07) is 17.5. The molecule has 0 aliphatic carbocycles. The number of benzene rings is 3. The summed E-state index contributed by atoms with van der Waals surface area (Å²) in [4.78, 5) is 0. The van der Waals surface area contributed by atoms with Crippen LogP contribution in [0.3, 0.4) is 0 Å². The zero-order valence-corrected chi connectivity index (χ0v) is 18.4.